The third kappa shape index (κ3) is 0.838. The van der Waals surface area contributed by atoms with E-state index < -0.39 is 0 Å². The molecule has 0 aromatic carbocycles. The smallest absolute Gasteiger partial charge is 0.0892 e. The van der Waals surface area contributed by atoms with Gasteiger partial charge in [0, 0.05) is 6.20 Å². The van der Waals surface area contributed by atoms with Crippen LogP contribution in [0.25, 0.3) is 6.08 Å². The molecular formula is C9H8N. The van der Waals surface area contributed by atoms with Crippen LogP contribution in [0.1, 0.15) is 17.5 Å². The number of pyridine rings is 1. The van der Waals surface area contributed by atoms with Gasteiger partial charge >= 0.3 is 0 Å². The van der Waals surface area contributed by atoms with E-state index in [1.807, 2.05) is 12.3 Å². The van der Waals surface area contributed by atoms with Crippen LogP contribution in [0.4, 0.5) is 0 Å². The van der Waals surface area contributed by atoms with E-state index in [0.29, 0.717) is 0 Å². The number of fused-ring (bicyclic) bond motifs is 1. The predicted molar refractivity (Wildman–Crippen MR) is 40.4 cm³/mol. The van der Waals surface area contributed by atoms with Crippen molar-refractivity contribution in [2.45, 2.75) is 12.8 Å². The van der Waals surface area contributed by atoms with Gasteiger partial charge in [-0.1, -0.05) is 12.2 Å². The highest BCUT2D eigenvalue weighted by Crippen LogP contribution is 2.16. The minimum absolute atomic E-state index is 1.13. The molecule has 0 spiro atoms. The largest absolute Gasteiger partial charge is 0.254 e. The Morgan fingerprint density at radius 3 is 3.40 bits per heavy atom. The summed E-state index contributed by atoms with van der Waals surface area (Å²) in [4.78, 5) is 3.94. The molecule has 0 fully saturated rings. The molecule has 1 aliphatic rings. The average molecular weight is 130 g/mol. The first kappa shape index (κ1) is 5.66. The Kier molecular flexibility index (Phi) is 1.28. The Morgan fingerprint density at radius 1 is 1.50 bits per heavy atom. The van der Waals surface area contributed by atoms with Gasteiger partial charge in [-0.05, 0) is 30.0 Å². The zero-order valence-electron chi connectivity index (χ0n) is 5.67. The van der Waals surface area contributed by atoms with Crippen molar-refractivity contribution in [2.24, 2.45) is 0 Å². The van der Waals surface area contributed by atoms with E-state index in [-0.39, 0.29) is 0 Å². The van der Waals surface area contributed by atoms with Crippen LogP contribution in [0.3, 0.4) is 0 Å². The van der Waals surface area contributed by atoms with Gasteiger partial charge in [-0.2, -0.15) is 0 Å². The van der Waals surface area contributed by atoms with Gasteiger partial charge in [0.15, 0.2) is 0 Å². The van der Waals surface area contributed by atoms with Crippen LogP contribution >= 0.6 is 0 Å². The molecule has 2 rings (SSSR count). The highest BCUT2D eigenvalue weighted by atomic mass is 14.6. The minimum atomic E-state index is 1.13. The van der Waals surface area contributed by atoms with E-state index in [1.165, 1.54) is 11.1 Å². The maximum atomic E-state index is 3.94. The molecule has 49 valence electrons. The van der Waals surface area contributed by atoms with E-state index in [4.69, 9.17) is 0 Å². The second-order valence-corrected chi connectivity index (χ2v) is 2.45. The molecule has 1 aromatic rings. The normalized spacial score (nSPS) is 14.8. The monoisotopic (exact) mass is 130 g/mol. The van der Waals surface area contributed by atoms with Crippen LogP contribution in [-0.2, 0) is 6.42 Å². The van der Waals surface area contributed by atoms with Gasteiger partial charge in [-0.25, -0.2) is 0 Å². The van der Waals surface area contributed by atoms with Crippen molar-refractivity contribution < 1.29 is 0 Å². The van der Waals surface area contributed by atoms with Gasteiger partial charge in [0.05, 0.1) is 6.20 Å². The molecule has 10 heavy (non-hydrogen) atoms. The standard InChI is InChI=1S/C9H8N/c1-2-4-9-7-10-6-5-8(9)3-1/h1,3,5,7H,2,4H2. The number of aromatic nitrogens is 1. The summed E-state index contributed by atoms with van der Waals surface area (Å²) in [6.45, 7) is 0. The molecule has 1 radical (unpaired) electrons. The summed E-state index contributed by atoms with van der Waals surface area (Å²) < 4.78 is 0. The summed E-state index contributed by atoms with van der Waals surface area (Å²) in [5.41, 5.74) is 2.63. The lowest BCUT2D eigenvalue weighted by atomic mass is 10.0. The third-order valence-corrected chi connectivity index (χ3v) is 1.76. The molecule has 0 saturated heterocycles. The molecule has 0 bridgehead atoms. The van der Waals surface area contributed by atoms with Gasteiger partial charge in [-0.3, -0.25) is 4.98 Å². The summed E-state index contributed by atoms with van der Waals surface area (Å²) in [5, 5.41) is 0. The Labute approximate surface area is 60.4 Å². The molecule has 1 nitrogen and oxygen atoms in total. The maximum Gasteiger partial charge on any atom is 0.0892 e. The van der Waals surface area contributed by atoms with E-state index in [0.717, 1.165) is 12.8 Å². The van der Waals surface area contributed by atoms with Crippen molar-refractivity contribution in [3.05, 3.63) is 35.7 Å². The lowest BCUT2D eigenvalue weighted by molar-refractivity contribution is 0.969. The number of hydrogen-bond acceptors (Lipinski definition) is 1. The van der Waals surface area contributed by atoms with E-state index in [2.05, 4.69) is 23.3 Å². The van der Waals surface area contributed by atoms with Crippen LogP contribution < -0.4 is 0 Å². The molecule has 0 atom stereocenters. The Bertz CT molecular complexity index is 263. The fourth-order valence-electron chi connectivity index (χ4n) is 1.20. The summed E-state index contributed by atoms with van der Waals surface area (Å²) in [6, 6.07) is 1.94. The third-order valence-electron chi connectivity index (χ3n) is 1.76. The van der Waals surface area contributed by atoms with Crippen LogP contribution in [0, 0.1) is 6.20 Å². The fourth-order valence-corrected chi connectivity index (χ4v) is 1.20. The molecule has 1 aromatic heterocycles. The van der Waals surface area contributed by atoms with Gasteiger partial charge in [0.1, 0.15) is 0 Å². The van der Waals surface area contributed by atoms with Gasteiger partial charge < -0.3 is 0 Å². The van der Waals surface area contributed by atoms with Crippen LogP contribution in [-0.4, -0.2) is 4.98 Å². The quantitative estimate of drug-likeness (QED) is 0.522. The molecule has 0 saturated carbocycles. The topological polar surface area (TPSA) is 12.9 Å². The fraction of sp³-hybridized carbons (Fsp3) is 0.222. The second kappa shape index (κ2) is 2.25. The van der Waals surface area contributed by atoms with Gasteiger partial charge in [-0.15, -0.1) is 0 Å². The molecule has 0 unspecified atom stereocenters. The lowest BCUT2D eigenvalue weighted by Gasteiger charge is -2.06. The Balaban J connectivity index is 2.54. The highest BCUT2D eigenvalue weighted by molar-refractivity contribution is 5.54. The van der Waals surface area contributed by atoms with E-state index >= 15 is 0 Å². The number of hydrogen-bond donors (Lipinski definition) is 0. The zero-order chi connectivity index (χ0) is 6.81. The average Bonchev–Trinajstić information content (AvgIpc) is 2.05. The van der Waals surface area contributed by atoms with Crippen molar-refractivity contribution in [2.75, 3.05) is 0 Å². The molecule has 1 heterocycles. The number of aryl methyl sites for hydroxylation is 1. The zero-order valence-corrected chi connectivity index (χ0v) is 5.67. The van der Waals surface area contributed by atoms with E-state index in [1.54, 1.807) is 0 Å². The van der Waals surface area contributed by atoms with Crippen molar-refractivity contribution in [3.63, 3.8) is 0 Å². The summed E-state index contributed by atoms with van der Waals surface area (Å²) in [7, 11) is 0. The Morgan fingerprint density at radius 2 is 2.50 bits per heavy atom. The van der Waals surface area contributed by atoms with Crippen LogP contribution in [0.5, 0.6) is 0 Å². The molecule has 0 aliphatic heterocycles. The van der Waals surface area contributed by atoms with Gasteiger partial charge in [0.25, 0.3) is 0 Å². The van der Waals surface area contributed by atoms with Crippen molar-refractivity contribution in [3.8, 4) is 0 Å². The van der Waals surface area contributed by atoms with Gasteiger partial charge in [0.2, 0.25) is 0 Å². The number of nitrogens with zero attached hydrogens (tertiary/aromatic N) is 1. The summed E-state index contributed by atoms with van der Waals surface area (Å²) in [6.07, 6.45) is 11.3. The predicted octanol–water partition coefficient (Wildman–Crippen LogP) is 1.84. The lowest BCUT2D eigenvalue weighted by Crippen LogP contribution is -1.93. The number of allylic oxidation sites excluding steroid dienone is 1. The minimum Gasteiger partial charge on any atom is -0.254 e. The molecule has 1 heteroatoms. The summed E-state index contributed by atoms with van der Waals surface area (Å²) in [5.74, 6) is 0. The first-order chi connectivity index (χ1) is 4.97. The SMILES string of the molecule is [c]1cc2c(cn1)CCC=C2. The van der Waals surface area contributed by atoms with Crippen molar-refractivity contribution in [1.29, 1.82) is 0 Å². The number of rotatable bonds is 0. The second-order valence-electron chi connectivity index (χ2n) is 2.45. The first-order valence-corrected chi connectivity index (χ1v) is 3.48. The highest BCUT2D eigenvalue weighted by Gasteiger charge is 2.01. The first-order valence-electron chi connectivity index (χ1n) is 3.48. The molecule has 1 aliphatic carbocycles. The van der Waals surface area contributed by atoms with Crippen LogP contribution in [0.2, 0.25) is 0 Å². The van der Waals surface area contributed by atoms with Crippen LogP contribution in [0.15, 0.2) is 18.3 Å². The molecule has 0 amide bonds. The summed E-state index contributed by atoms with van der Waals surface area (Å²) >= 11 is 0. The van der Waals surface area contributed by atoms with Crippen molar-refractivity contribution >= 4 is 6.08 Å². The Hall–Kier alpha value is -1.11. The molecule has 0 N–H and O–H groups in total. The van der Waals surface area contributed by atoms with Crippen molar-refractivity contribution in [1.82, 2.24) is 4.98 Å². The maximum absolute atomic E-state index is 3.94. The molecular weight excluding hydrogens is 122 g/mol. The van der Waals surface area contributed by atoms with E-state index in [9.17, 15) is 0 Å².